The minimum atomic E-state index is 0.230. The maximum absolute atomic E-state index is 12.6. The lowest BCUT2D eigenvalue weighted by Crippen LogP contribution is -2.33. The second-order valence-corrected chi connectivity index (χ2v) is 6.26. The Hall–Kier alpha value is -1.35. The van der Waals surface area contributed by atoms with Crippen LogP contribution in [0.1, 0.15) is 56.1 Å². The molecule has 0 bridgehead atoms. The van der Waals surface area contributed by atoms with Crippen molar-refractivity contribution in [3.63, 3.8) is 0 Å². The summed E-state index contributed by atoms with van der Waals surface area (Å²) in [6, 6.07) is 8.22. The van der Waals surface area contributed by atoms with Crippen LogP contribution in [0.4, 0.5) is 0 Å². The smallest absolute Gasteiger partial charge is 0.225 e. The summed E-state index contributed by atoms with van der Waals surface area (Å²) < 4.78 is 0. The van der Waals surface area contributed by atoms with Crippen LogP contribution in [-0.2, 0) is 17.9 Å². The average molecular weight is 288 g/mol. The van der Waals surface area contributed by atoms with E-state index in [-0.39, 0.29) is 5.92 Å². The molecule has 2 N–H and O–H groups in total. The van der Waals surface area contributed by atoms with E-state index >= 15 is 0 Å². The standard InChI is InChI=1S/C18H28N2O/c1-20(14-16-9-7-8-15(12-16)13-19)18(21)17-10-5-3-2-4-6-11-17/h7-9,12,17H,2-6,10-11,13-14,19H2,1H3. The summed E-state index contributed by atoms with van der Waals surface area (Å²) in [5, 5.41) is 0. The van der Waals surface area contributed by atoms with E-state index < -0.39 is 0 Å². The highest BCUT2D eigenvalue weighted by Gasteiger charge is 2.22. The number of carbonyl (C=O) groups excluding carboxylic acids is 1. The highest BCUT2D eigenvalue weighted by molar-refractivity contribution is 5.78. The van der Waals surface area contributed by atoms with E-state index in [4.69, 9.17) is 5.73 Å². The third-order valence-electron chi connectivity index (χ3n) is 4.48. The van der Waals surface area contributed by atoms with Gasteiger partial charge in [0.15, 0.2) is 0 Å². The van der Waals surface area contributed by atoms with Crippen molar-refractivity contribution < 1.29 is 4.79 Å². The molecule has 0 spiro atoms. The van der Waals surface area contributed by atoms with Crippen LogP contribution in [0.25, 0.3) is 0 Å². The lowest BCUT2D eigenvalue weighted by Gasteiger charge is -2.25. The fourth-order valence-corrected chi connectivity index (χ4v) is 3.22. The first-order valence-electron chi connectivity index (χ1n) is 8.23. The van der Waals surface area contributed by atoms with Crippen molar-refractivity contribution in [1.29, 1.82) is 0 Å². The molecule has 2 rings (SSSR count). The molecule has 3 heteroatoms. The number of benzene rings is 1. The molecule has 1 saturated carbocycles. The van der Waals surface area contributed by atoms with Crippen molar-refractivity contribution in [2.45, 2.75) is 58.0 Å². The van der Waals surface area contributed by atoms with Crippen LogP contribution < -0.4 is 5.73 Å². The molecule has 21 heavy (non-hydrogen) atoms. The zero-order valence-electron chi connectivity index (χ0n) is 13.2. The van der Waals surface area contributed by atoms with Gasteiger partial charge in [-0.1, -0.05) is 56.4 Å². The molecular weight excluding hydrogens is 260 g/mol. The van der Waals surface area contributed by atoms with Gasteiger partial charge >= 0.3 is 0 Å². The van der Waals surface area contributed by atoms with Gasteiger partial charge in [-0.3, -0.25) is 4.79 Å². The van der Waals surface area contributed by atoms with Crippen molar-refractivity contribution in [3.8, 4) is 0 Å². The largest absolute Gasteiger partial charge is 0.341 e. The number of hydrogen-bond donors (Lipinski definition) is 1. The van der Waals surface area contributed by atoms with Crippen molar-refractivity contribution in [2.24, 2.45) is 11.7 Å². The molecule has 0 heterocycles. The SMILES string of the molecule is CN(Cc1cccc(CN)c1)C(=O)C1CCCCCCC1. The van der Waals surface area contributed by atoms with Crippen LogP contribution >= 0.6 is 0 Å². The molecule has 1 aliphatic carbocycles. The van der Waals surface area contributed by atoms with Gasteiger partial charge in [0, 0.05) is 26.1 Å². The highest BCUT2D eigenvalue weighted by Crippen LogP contribution is 2.24. The zero-order chi connectivity index (χ0) is 15.1. The fourth-order valence-electron chi connectivity index (χ4n) is 3.22. The molecule has 0 radical (unpaired) electrons. The third-order valence-corrected chi connectivity index (χ3v) is 4.48. The van der Waals surface area contributed by atoms with Crippen molar-refractivity contribution in [1.82, 2.24) is 4.90 Å². The Morgan fingerprint density at radius 3 is 2.43 bits per heavy atom. The average Bonchev–Trinajstić information content (AvgIpc) is 2.46. The summed E-state index contributed by atoms with van der Waals surface area (Å²) in [5.41, 5.74) is 7.97. The Labute approximate surface area is 128 Å². The Balaban J connectivity index is 1.94. The summed E-state index contributed by atoms with van der Waals surface area (Å²) >= 11 is 0. The van der Waals surface area contributed by atoms with Gasteiger partial charge in [-0.2, -0.15) is 0 Å². The zero-order valence-corrected chi connectivity index (χ0v) is 13.2. The second kappa shape index (κ2) is 8.18. The highest BCUT2D eigenvalue weighted by atomic mass is 16.2. The molecule has 1 aliphatic rings. The molecule has 0 saturated heterocycles. The Bertz CT molecular complexity index is 450. The van der Waals surface area contributed by atoms with Crippen LogP contribution in [0, 0.1) is 5.92 Å². The van der Waals surface area contributed by atoms with Gasteiger partial charge in [0.05, 0.1) is 0 Å². The van der Waals surface area contributed by atoms with Crippen LogP contribution in [0.5, 0.6) is 0 Å². The van der Waals surface area contributed by atoms with E-state index in [2.05, 4.69) is 12.1 Å². The molecule has 0 atom stereocenters. The number of nitrogens with zero attached hydrogens (tertiary/aromatic N) is 1. The first kappa shape index (κ1) is 16.0. The molecule has 0 aromatic heterocycles. The molecule has 3 nitrogen and oxygen atoms in total. The predicted octanol–water partition coefficient (Wildman–Crippen LogP) is 3.46. The summed E-state index contributed by atoms with van der Waals surface area (Å²) in [6.45, 7) is 1.23. The number of hydrogen-bond acceptors (Lipinski definition) is 2. The monoisotopic (exact) mass is 288 g/mol. The maximum atomic E-state index is 12.6. The van der Waals surface area contributed by atoms with Gasteiger partial charge < -0.3 is 10.6 Å². The number of nitrogens with two attached hydrogens (primary N) is 1. The van der Waals surface area contributed by atoms with Gasteiger partial charge in [0.25, 0.3) is 0 Å². The quantitative estimate of drug-likeness (QED) is 0.922. The van der Waals surface area contributed by atoms with E-state index in [1.165, 1.54) is 37.7 Å². The Morgan fingerprint density at radius 2 is 1.76 bits per heavy atom. The first-order chi connectivity index (χ1) is 10.2. The van der Waals surface area contributed by atoms with Crippen LogP contribution in [0.15, 0.2) is 24.3 Å². The number of rotatable bonds is 4. The lowest BCUT2D eigenvalue weighted by atomic mass is 9.90. The Morgan fingerprint density at radius 1 is 1.14 bits per heavy atom. The van der Waals surface area contributed by atoms with Crippen molar-refractivity contribution >= 4 is 5.91 Å². The lowest BCUT2D eigenvalue weighted by molar-refractivity contribution is -0.135. The van der Waals surface area contributed by atoms with Gasteiger partial charge in [-0.05, 0) is 24.0 Å². The molecule has 1 aromatic carbocycles. The third kappa shape index (κ3) is 4.85. The minimum Gasteiger partial charge on any atom is -0.341 e. The molecule has 0 aliphatic heterocycles. The van der Waals surface area contributed by atoms with E-state index in [1.54, 1.807) is 0 Å². The topological polar surface area (TPSA) is 46.3 Å². The first-order valence-corrected chi connectivity index (χ1v) is 8.23. The molecule has 0 unspecified atom stereocenters. The van der Waals surface area contributed by atoms with Crippen LogP contribution in [-0.4, -0.2) is 17.9 Å². The molecule has 116 valence electrons. The summed E-state index contributed by atoms with van der Waals surface area (Å²) in [7, 11) is 1.93. The van der Waals surface area contributed by atoms with Crippen LogP contribution in [0.2, 0.25) is 0 Å². The predicted molar refractivity (Wildman–Crippen MR) is 86.6 cm³/mol. The number of carbonyl (C=O) groups is 1. The van der Waals surface area contributed by atoms with E-state index in [9.17, 15) is 4.79 Å². The van der Waals surface area contributed by atoms with Gasteiger partial charge in [0.2, 0.25) is 5.91 Å². The van der Waals surface area contributed by atoms with E-state index in [0.29, 0.717) is 19.0 Å². The van der Waals surface area contributed by atoms with Crippen LogP contribution in [0.3, 0.4) is 0 Å². The Kier molecular flexibility index (Phi) is 6.24. The molecule has 1 aromatic rings. The molecular formula is C18H28N2O. The molecule has 1 fully saturated rings. The normalized spacial score (nSPS) is 17.0. The maximum Gasteiger partial charge on any atom is 0.225 e. The summed E-state index contributed by atoms with van der Waals surface area (Å²) in [4.78, 5) is 14.5. The van der Waals surface area contributed by atoms with E-state index in [1.807, 2.05) is 24.1 Å². The fraction of sp³-hybridized carbons (Fsp3) is 0.611. The number of amides is 1. The summed E-state index contributed by atoms with van der Waals surface area (Å²) in [6.07, 6.45) is 8.43. The summed E-state index contributed by atoms with van der Waals surface area (Å²) in [5.74, 6) is 0.544. The minimum absolute atomic E-state index is 0.230. The van der Waals surface area contributed by atoms with Gasteiger partial charge in [-0.15, -0.1) is 0 Å². The van der Waals surface area contributed by atoms with Gasteiger partial charge in [-0.25, -0.2) is 0 Å². The van der Waals surface area contributed by atoms with Crippen molar-refractivity contribution in [2.75, 3.05) is 7.05 Å². The van der Waals surface area contributed by atoms with E-state index in [0.717, 1.165) is 18.4 Å². The van der Waals surface area contributed by atoms with Gasteiger partial charge in [0.1, 0.15) is 0 Å². The van der Waals surface area contributed by atoms with Crippen molar-refractivity contribution in [3.05, 3.63) is 35.4 Å². The molecule has 1 amide bonds. The second-order valence-electron chi connectivity index (χ2n) is 6.26.